The van der Waals surface area contributed by atoms with E-state index in [0.29, 0.717) is 0 Å². The molecule has 0 bridgehead atoms. The van der Waals surface area contributed by atoms with Crippen LogP contribution < -0.4 is 0 Å². The zero-order valence-corrected chi connectivity index (χ0v) is 13.7. The second-order valence-electron chi connectivity index (χ2n) is 6.31. The minimum atomic E-state index is -1.87. The first kappa shape index (κ1) is 19.4. The number of hydrogen-bond donors (Lipinski definition) is 6. The van der Waals surface area contributed by atoms with E-state index in [1.165, 1.54) is 0 Å². The van der Waals surface area contributed by atoms with Crippen LogP contribution in [0.2, 0.25) is 0 Å². The van der Waals surface area contributed by atoms with E-state index >= 15 is 0 Å². The Kier molecular flexibility index (Phi) is 5.46. The van der Waals surface area contributed by atoms with Crippen LogP contribution in [0.15, 0.2) is 4.99 Å². The van der Waals surface area contributed by atoms with Crippen molar-refractivity contribution in [3.8, 4) is 0 Å². The second-order valence-corrected chi connectivity index (χ2v) is 6.31. The van der Waals surface area contributed by atoms with Gasteiger partial charge in [0.25, 0.3) is 0 Å². The minimum absolute atomic E-state index is 0.273. The van der Waals surface area contributed by atoms with Crippen LogP contribution in [-0.4, -0.2) is 110 Å². The molecule has 26 heavy (non-hydrogen) atoms. The topological polar surface area (TPSA) is 188 Å². The summed E-state index contributed by atoms with van der Waals surface area (Å²) >= 11 is 0. The SMILES string of the molecule is CC1=N[C@H]2[C@@H](O1)O[C@H](CO)[C@@H](O[C@@H]1O[C@H](C(=O)O)[C@@H](O)[C@H](O)[C@H]1O)[C@@H]2O. The average Bonchev–Trinajstić information content (AvgIpc) is 2.97. The molecule has 0 aromatic carbocycles. The Labute approximate surface area is 147 Å². The van der Waals surface area contributed by atoms with Crippen LogP contribution >= 0.6 is 0 Å². The number of nitrogens with zero attached hydrogens (tertiary/aromatic N) is 1. The number of rotatable bonds is 4. The van der Waals surface area contributed by atoms with Crippen molar-refractivity contribution in [1.29, 1.82) is 0 Å². The van der Waals surface area contributed by atoms with Gasteiger partial charge >= 0.3 is 5.97 Å². The number of aliphatic carboxylic acids is 1. The average molecular weight is 379 g/mol. The van der Waals surface area contributed by atoms with Crippen molar-refractivity contribution < 1.29 is 54.4 Å². The molecule has 0 aromatic heterocycles. The van der Waals surface area contributed by atoms with E-state index in [0.717, 1.165) is 0 Å². The van der Waals surface area contributed by atoms with Gasteiger partial charge in [0.15, 0.2) is 18.3 Å². The fourth-order valence-electron chi connectivity index (χ4n) is 3.18. The highest BCUT2D eigenvalue weighted by Crippen LogP contribution is 2.32. The summed E-state index contributed by atoms with van der Waals surface area (Å²) in [7, 11) is 0. The van der Waals surface area contributed by atoms with E-state index in [9.17, 15) is 30.3 Å². The van der Waals surface area contributed by atoms with Crippen LogP contribution in [0.3, 0.4) is 0 Å². The van der Waals surface area contributed by atoms with Crippen LogP contribution in [0, 0.1) is 0 Å². The standard InChI is InChI=1S/C14H21NO11/c1-3-15-5-6(17)10(4(2-16)24-13(5)23-3)25-14-9(20)7(18)8(19)11(26-14)12(21)22/h4-11,13-14,16-20H,2H2,1H3,(H,21,22)/t4-,5-,6-,7+,8+,9-,10-,11+,13+,14-/m1/s1. The van der Waals surface area contributed by atoms with E-state index in [1.807, 2.05) is 0 Å². The molecule has 0 aliphatic carbocycles. The molecule has 0 unspecified atom stereocenters. The maximum absolute atomic E-state index is 11.1. The molecule has 3 rings (SSSR count). The van der Waals surface area contributed by atoms with Gasteiger partial charge in [0.2, 0.25) is 6.29 Å². The minimum Gasteiger partial charge on any atom is -0.479 e. The lowest BCUT2D eigenvalue weighted by atomic mass is 9.96. The Morgan fingerprint density at radius 1 is 1.12 bits per heavy atom. The molecule has 0 saturated carbocycles. The number of carboxylic acids is 1. The van der Waals surface area contributed by atoms with Crippen LogP contribution in [0.25, 0.3) is 0 Å². The molecule has 3 heterocycles. The number of carboxylic acid groups (broad SMARTS) is 1. The summed E-state index contributed by atoms with van der Waals surface area (Å²) in [6.45, 7) is 0.977. The number of aliphatic imine (C=N–C) groups is 1. The second kappa shape index (κ2) is 7.32. The third-order valence-electron chi connectivity index (χ3n) is 4.54. The normalized spacial score (nSPS) is 48.5. The van der Waals surface area contributed by atoms with Crippen LogP contribution in [0.5, 0.6) is 0 Å². The number of aliphatic hydroxyl groups excluding tert-OH is 5. The van der Waals surface area contributed by atoms with Crippen LogP contribution in [-0.2, 0) is 23.7 Å². The monoisotopic (exact) mass is 379 g/mol. The Morgan fingerprint density at radius 2 is 1.81 bits per heavy atom. The van der Waals surface area contributed by atoms with E-state index in [4.69, 9.17) is 24.1 Å². The van der Waals surface area contributed by atoms with Crippen LogP contribution in [0.1, 0.15) is 6.92 Å². The fraction of sp³-hybridized carbons (Fsp3) is 0.857. The molecular weight excluding hydrogens is 358 g/mol. The molecule has 0 radical (unpaired) electrons. The number of carbonyl (C=O) groups is 1. The summed E-state index contributed by atoms with van der Waals surface area (Å²) in [6.07, 6.45) is -13.7. The number of fused-ring (bicyclic) bond motifs is 1. The van der Waals surface area contributed by atoms with Crippen molar-refractivity contribution in [3.05, 3.63) is 0 Å². The van der Waals surface area contributed by atoms with Crippen molar-refractivity contribution in [2.75, 3.05) is 6.61 Å². The van der Waals surface area contributed by atoms with Gasteiger partial charge in [0.05, 0.1) is 6.61 Å². The van der Waals surface area contributed by atoms with E-state index in [1.54, 1.807) is 6.92 Å². The smallest absolute Gasteiger partial charge is 0.335 e. The van der Waals surface area contributed by atoms with Crippen LogP contribution in [0.4, 0.5) is 0 Å². The Morgan fingerprint density at radius 3 is 2.42 bits per heavy atom. The number of hydrogen-bond acceptors (Lipinski definition) is 11. The third-order valence-corrected chi connectivity index (χ3v) is 4.54. The molecule has 3 aliphatic rings. The van der Waals surface area contributed by atoms with Crippen molar-refractivity contribution in [3.63, 3.8) is 0 Å². The Balaban J connectivity index is 1.77. The van der Waals surface area contributed by atoms with Crippen molar-refractivity contribution in [1.82, 2.24) is 0 Å². The lowest BCUT2D eigenvalue weighted by molar-refractivity contribution is -0.336. The number of aliphatic hydroxyl groups is 5. The predicted molar refractivity (Wildman–Crippen MR) is 78.9 cm³/mol. The molecule has 3 aliphatic heterocycles. The third kappa shape index (κ3) is 3.30. The first-order valence-corrected chi connectivity index (χ1v) is 7.98. The number of ether oxygens (including phenoxy) is 4. The highest BCUT2D eigenvalue weighted by Gasteiger charge is 2.53. The lowest BCUT2D eigenvalue weighted by Crippen LogP contribution is -2.64. The molecule has 0 amide bonds. The van der Waals surface area contributed by atoms with E-state index < -0.39 is 73.9 Å². The molecule has 0 spiro atoms. The highest BCUT2D eigenvalue weighted by molar-refractivity contribution is 5.75. The van der Waals surface area contributed by atoms with Gasteiger partial charge in [-0.2, -0.15) is 0 Å². The van der Waals surface area contributed by atoms with Crippen molar-refractivity contribution in [2.45, 2.75) is 68.3 Å². The summed E-state index contributed by atoms with van der Waals surface area (Å²) < 4.78 is 21.2. The van der Waals surface area contributed by atoms with Gasteiger partial charge in [-0.15, -0.1) is 0 Å². The van der Waals surface area contributed by atoms with Gasteiger partial charge in [-0.05, 0) is 0 Å². The highest BCUT2D eigenvalue weighted by atomic mass is 16.7. The molecule has 148 valence electrons. The van der Waals surface area contributed by atoms with Gasteiger partial charge < -0.3 is 49.6 Å². The quantitative estimate of drug-likeness (QED) is 0.281. The van der Waals surface area contributed by atoms with Crippen molar-refractivity contribution in [2.24, 2.45) is 4.99 Å². The zero-order chi connectivity index (χ0) is 19.2. The summed E-state index contributed by atoms with van der Waals surface area (Å²) in [5.41, 5.74) is 0. The summed E-state index contributed by atoms with van der Waals surface area (Å²) in [6, 6.07) is -0.852. The molecule has 12 nitrogen and oxygen atoms in total. The largest absolute Gasteiger partial charge is 0.479 e. The molecular formula is C14H21NO11. The van der Waals surface area contributed by atoms with Gasteiger partial charge in [-0.25, -0.2) is 9.79 Å². The maximum Gasteiger partial charge on any atom is 0.335 e. The Bertz CT molecular complexity index is 571. The van der Waals surface area contributed by atoms with E-state index in [-0.39, 0.29) is 5.90 Å². The van der Waals surface area contributed by atoms with Gasteiger partial charge in [0.1, 0.15) is 42.7 Å². The van der Waals surface area contributed by atoms with E-state index in [2.05, 4.69) is 4.99 Å². The summed E-state index contributed by atoms with van der Waals surface area (Å²) in [5, 5.41) is 58.6. The molecule has 0 aromatic rings. The fourth-order valence-corrected chi connectivity index (χ4v) is 3.18. The molecule has 10 atom stereocenters. The van der Waals surface area contributed by atoms with Crippen molar-refractivity contribution >= 4 is 11.9 Å². The lowest BCUT2D eigenvalue weighted by Gasteiger charge is -2.44. The van der Waals surface area contributed by atoms with Gasteiger partial charge in [-0.3, -0.25) is 0 Å². The first-order chi connectivity index (χ1) is 12.2. The summed E-state index contributed by atoms with van der Waals surface area (Å²) in [5.74, 6) is -1.30. The molecule has 12 heteroatoms. The first-order valence-electron chi connectivity index (χ1n) is 7.98. The predicted octanol–water partition coefficient (Wildman–Crippen LogP) is -3.84. The van der Waals surface area contributed by atoms with Gasteiger partial charge in [0, 0.05) is 6.92 Å². The molecule has 6 N–H and O–H groups in total. The van der Waals surface area contributed by atoms with Gasteiger partial charge in [-0.1, -0.05) is 0 Å². The zero-order valence-electron chi connectivity index (χ0n) is 13.7. The molecule has 2 saturated heterocycles. The molecule has 2 fully saturated rings. The Hall–Kier alpha value is -1.38. The summed E-state index contributed by atoms with van der Waals surface area (Å²) in [4.78, 5) is 15.2. The maximum atomic E-state index is 11.1.